The lowest BCUT2D eigenvalue weighted by Crippen LogP contribution is -2.48. The monoisotopic (exact) mass is 381 g/mol. The zero-order valence-corrected chi connectivity index (χ0v) is 16.7. The van der Waals surface area contributed by atoms with Crippen LogP contribution < -0.4 is 5.32 Å². The zero-order valence-electron chi connectivity index (χ0n) is 16.7. The quantitative estimate of drug-likeness (QED) is 0.725. The van der Waals surface area contributed by atoms with E-state index in [9.17, 15) is 4.79 Å². The van der Waals surface area contributed by atoms with E-state index in [1.54, 1.807) is 0 Å². The first-order chi connectivity index (χ1) is 13.7. The molecule has 2 aromatic rings. The highest BCUT2D eigenvalue weighted by molar-refractivity contribution is 5.78. The predicted molar refractivity (Wildman–Crippen MR) is 112 cm³/mol. The minimum absolute atomic E-state index is 0.0469. The number of ether oxygens (including phenoxy) is 1. The van der Waals surface area contributed by atoms with Gasteiger partial charge in [0.25, 0.3) is 0 Å². The number of likely N-dealkylation sites (N-methyl/N-ethyl adjacent to an activating group) is 1. The molecule has 0 bridgehead atoms. The summed E-state index contributed by atoms with van der Waals surface area (Å²) in [7, 11) is 0. The summed E-state index contributed by atoms with van der Waals surface area (Å²) in [5.74, 6) is 0.0570. The van der Waals surface area contributed by atoms with Crippen molar-refractivity contribution in [2.24, 2.45) is 0 Å². The summed E-state index contributed by atoms with van der Waals surface area (Å²) in [6, 6.07) is 20.8. The third-order valence-corrected chi connectivity index (χ3v) is 5.06. The van der Waals surface area contributed by atoms with Crippen molar-refractivity contribution in [2.75, 3.05) is 39.3 Å². The second-order valence-corrected chi connectivity index (χ2v) is 7.31. The van der Waals surface area contributed by atoms with Gasteiger partial charge in [0.1, 0.15) is 0 Å². The van der Waals surface area contributed by atoms with Crippen LogP contribution in [0.15, 0.2) is 60.7 Å². The molecule has 1 aliphatic rings. The van der Waals surface area contributed by atoms with Gasteiger partial charge < -0.3 is 10.1 Å². The number of amides is 1. The van der Waals surface area contributed by atoms with Gasteiger partial charge in [-0.2, -0.15) is 0 Å². The van der Waals surface area contributed by atoms with Crippen molar-refractivity contribution in [1.29, 1.82) is 0 Å². The molecule has 3 rings (SSSR count). The fourth-order valence-electron chi connectivity index (χ4n) is 3.50. The van der Waals surface area contributed by atoms with Gasteiger partial charge in [-0.05, 0) is 17.7 Å². The maximum absolute atomic E-state index is 12.4. The topological polar surface area (TPSA) is 44.8 Å². The Labute approximate surface area is 168 Å². The smallest absolute Gasteiger partial charge is 0.234 e. The number of hydrogen-bond donors (Lipinski definition) is 1. The van der Waals surface area contributed by atoms with E-state index in [4.69, 9.17) is 4.74 Å². The first kappa shape index (κ1) is 20.5. The predicted octanol–water partition coefficient (Wildman–Crippen LogP) is 2.53. The van der Waals surface area contributed by atoms with Gasteiger partial charge in [0.2, 0.25) is 5.91 Å². The summed E-state index contributed by atoms with van der Waals surface area (Å²) in [6.07, 6.45) is 0.0469. The molecule has 2 aromatic carbocycles. The molecule has 0 aliphatic carbocycles. The van der Waals surface area contributed by atoms with E-state index >= 15 is 0 Å². The zero-order chi connectivity index (χ0) is 19.6. The SMILES string of the molecule is CCN(CC(=O)NCC1CN(Cc2ccccc2)CCO1)Cc1ccccc1. The Hall–Kier alpha value is -2.21. The number of carbonyl (C=O) groups excluding carboxylic acids is 1. The average Bonchev–Trinajstić information content (AvgIpc) is 2.73. The van der Waals surface area contributed by atoms with Crippen LogP contribution in [0, 0.1) is 0 Å². The molecule has 1 amide bonds. The third-order valence-electron chi connectivity index (χ3n) is 5.06. The molecule has 150 valence electrons. The summed E-state index contributed by atoms with van der Waals surface area (Å²) >= 11 is 0. The number of rotatable bonds is 9. The van der Waals surface area contributed by atoms with E-state index in [-0.39, 0.29) is 12.0 Å². The lowest BCUT2D eigenvalue weighted by atomic mass is 10.2. The van der Waals surface area contributed by atoms with E-state index in [0.29, 0.717) is 19.7 Å². The molecule has 1 heterocycles. The van der Waals surface area contributed by atoms with E-state index < -0.39 is 0 Å². The van der Waals surface area contributed by atoms with Gasteiger partial charge >= 0.3 is 0 Å². The number of benzene rings is 2. The minimum atomic E-state index is 0.0469. The Morgan fingerprint density at radius 3 is 2.46 bits per heavy atom. The van der Waals surface area contributed by atoms with Crippen molar-refractivity contribution in [2.45, 2.75) is 26.1 Å². The van der Waals surface area contributed by atoms with E-state index in [1.165, 1.54) is 11.1 Å². The normalized spacial score (nSPS) is 17.6. The van der Waals surface area contributed by atoms with Crippen molar-refractivity contribution >= 4 is 5.91 Å². The third kappa shape index (κ3) is 6.75. The van der Waals surface area contributed by atoms with E-state index in [2.05, 4.69) is 58.4 Å². The second kappa shape index (κ2) is 11.0. The highest BCUT2D eigenvalue weighted by atomic mass is 16.5. The molecule has 5 heteroatoms. The standard InChI is InChI=1S/C23H31N3O2/c1-2-25(16-20-9-5-3-6-10-20)19-23(27)24-15-22-18-26(13-14-28-22)17-21-11-7-4-8-12-21/h3-12,22H,2,13-19H2,1H3,(H,24,27). The van der Waals surface area contributed by atoms with Crippen LogP contribution >= 0.6 is 0 Å². The van der Waals surface area contributed by atoms with Gasteiger partial charge in [-0.1, -0.05) is 67.6 Å². The van der Waals surface area contributed by atoms with Crippen LogP contribution in [0.5, 0.6) is 0 Å². The molecule has 0 radical (unpaired) electrons. The summed E-state index contributed by atoms with van der Waals surface area (Å²) in [5.41, 5.74) is 2.54. The molecule has 0 aromatic heterocycles. The molecule has 0 saturated carbocycles. The molecular weight excluding hydrogens is 350 g/mol. The maximum atomic E-state index is 12.4. The Morgan fingerprint density at radius 2 is 1.79 bits per heavy atom. The Balaban J connectivity index is 1.40. The molecule has 28 heavy (non-hydrogen) atoms. The van der Waals surface area contributed by atoms with E-state index in [0.717, 1.165) is 32.7 Å². The Bertz CT molecular complexity index is 708. The van der Waals surface area contributed by atoms with Gasteiger partial charge in [-0.15, -0.1) is 0 Å². The lowest BCUT2D eigenvalue weighted by Gasteiger charge is -2.33. The van der Waals surface area contributed by atoms with Crippen molar-refractivity contribution in [3.63, 3.8) is 0 Å². The number of morpholine rings is 1. The van der Waals surface area contributed by atoms with Crippen molar-refractivity contribution in [3.05, 3.63) is 71.8 Å². The average molecular weight is 382 g/mol. The fourth-order valence-corrected chi connectivity index (χ4v) is 3.50. The molecule has 1 atom stereocenters. The molecule has 1 unspecified atom stereocenters. The molecule has 1 aliphatic heterocycles. The van der Waals surface area contributed by atoms with E-state index in [1.807, 2.05) is 24.3 Å². The fraction of sp³-hybridized carbons (Fsp3) is 0.435. The summed E-state index contributed by atoms with van der Waals surface area (Å²) in [5, 5.41) is 3.06. The Kier molecular flexibility index (Phi) is 8.03. The molecule has 1 N–H and O–H groups in total. The van der Waals surface area contributed by atoms with Crippen LogP contribution in [0.4, 0.5) is 0 Å². The first-order valence-corrected chi connectivity index (χ1v) is 10.1. The van der Waals surface area contributed by atoms with Crippen LogP contribution in [0.25, 0.3) is 0 Å². The van der Waals surface area contributed by atoms with Crippen molar-refractivity contribution in [1.82, 2.24) is 15.1 Å². The van der Waals surface area contributed by atoms with Gasteiger partial charge in [-0.3, -0.25) is 14.6 Å². The van der Waals surface area contributed by atoms with Gasteiger partial charge in [0.05, 0.1) is 19.3 Å². The van der Waals surface area contributed by atoms with Crippen molar-refractivity contribution < 1.29 is 9.53 Å². The van der Waals surface area contributed by atoms with Crippen LogP contribution in [-0.2, 0) is 22.6 Å². The van der Waals surface area contributed by atoms with Gasteiger partial charge in [0.15, 0.2) is 0 Å². The second-order valence-electron chi connectivity index (χ2n) is 7.31. The number of nitrogens with one attached hydrogen (secondary N) is 1. The number of carbonyl (C=O) groups is 1. The highest BCUT2D eigenvalue weighted by Gasteiger charge is 2.21. The molecule has 5 nitrogen and oxygen atoms in total. The number of hydrogen-bond acceptors (Lipinski definition) is 4. The van der Waals surface area contributed by atoms with Crippen LogP contribution in [-0.4, -0.2) is 61.1 Å². The summed E-state index contributed by atoms with van der Waals surface area (Å²) in [6.45, 7) is 8.10. The van der Waals surface area contributed by atoms with Crippen LogP contribution in [0.2, 0.25) is 0 Å². The van der Waals surface area contributed by atoms with Gasteiger partial charge in [-0.25, -0.2) is 0 Å². The molecule has 1 saturated heterocycles. The Morgan fingerprint density at radius 1 is 1.11 bits per heavy atom. The van der Waals surface area contributed by atoms with Crippen molar-refractivity contribution in [3.8, 4) is 0 Å². The van der Waals surface area contributed by atoms with Crippen LogP contribution in [0.1, 0.15) is 18.1 Å². The molecule has 1 fully saturated rings. The van der Waals surface area contributed by atoms with Crippen LogP contribution in [0.3, 0.4) is 0 Å². The largest absolute Gasteiger partial charge is 0.374 e. The lowest BCUT2D eigenvalue weighted by molar-refractivity contribution is -0.123. The molecule has 0 spiro atoms. The molecular formula is C23H31N3O2. The summed E-state index contributed by atoms with van der Waals surface area (Å²) in [4.78, 5) is 16.9. The first-order valence-electron chi connectivity index (χ1n) is 10.1. The maximum Gasteiger partial charge on any atom is 0.234 e. The minimum Gasteiger partial charge on any atom is -0.374 e. The number of nitrogens with zero attached hydrogens (tertiary/aromatic N) is 2. The highest BCUT2D eigenvalue weighted by Crippen LogP contribution is 2.10. The van der Waals surface area contributed by atoms with Gasteiger partial charge in [0, 0.05) is 32.7 Å². The summed E-state index contributed by atoms with van der Waals surface area (Å²) < 4.78 is 5.85.